The molecule has 3 atom stereocenters. The van der Waals surface area contributed by atoms with E-state index >= 15 is 0 Å². The van der Waals surface area contributed by atoms with E-state index in [1.165, 1.54) is 6.92 Å². The second kappa shape index (κ2) is 6.36. The van der Waals surface area contributed by atoms with E-state index in [0.717, 1.165) is 5.56 Å². The van der Waals surface area contributed by atoms with Crippen LogP contribution in [0.3, 0.4) is 0 Å². The number of hydrogen-bond donors (Lipinski definition) is 2. The third-order valence-electron chi connectivity index (χ3n) is 3.89. The fraction of sp³-hybridized carbons (Fsp3) is 0.400. The summed E-state index contributed by atoms with van der Waals surface area (Å²) >= 11 is 5.86. The van der Waals surface area contributed by atoms with Gasteiger partial charge in [0.25, 0.3) is 0 Å². The van der Waals surface area contributed by atoms with E-state index in [9.17, 15) is 14.4 Å². The Labute approximate surface area is 133 Å². The predicted octanol–water partition coefficient (Wildman–Crippen LogP) is 1.45. The van der Waals surface area contributed by atoms with E-state index in [2.05, 4.69) is 5.32 Å². The van der Waals surface area contributed by atoms with Gasteiger partial charge in [0.1, 0.15) is 5.92 Å². The van der Waals surface area contributed by atoms with Gasteiger partial charge in [0.2, 0.25) is 11.8 Å². The minimum absolute atomic E-state index is 0.103. The number of carboxylic acids is 1. The van der Waals surface area contributed by atoms with Crippen molar-refractivity contribution in [1.82, 2.24) is 10.2 Å². The van der Waals surface area contributed by atoms with E-state index in [1.807, 2.05) is 0 Å². The smallest absolute Gasteiger partial charge is 0.315 e. The van der Waals surface area contributed by atoms with Crippen LogP contribution in [0.15, 0.2) is 24.3 Å². The molecule has 0 aromatic heterocycles. The fourth-order valence-corrected chi connectivity index (χ4v) is 2.66. The number of carbonyl (C=O) groups excluding carboxylic acids is 2. The molecule has 1 saturated heterocycles. The number of carboxylic acid groups (broad SMARTS) is 1. The van der Waals surface area contributed by atoms with Crippen LogP contribution in [0, 0.1) is 5.92 Å². The average Bonchev–Trinajstić information content (AvgIpc) is 2.74. The van der Waals surface area contributed by atoms with Crippen molar-refractivity contribution >= 4 is 29.4 Å². The molecule has 1 aromatic rings. The lowest BCUT2D eigenvalue weighted by atomic mass is 9.99. The fourth-order valence-electron chi connectivity index (χ4n) is 2.53. The minimum atomic E-state index is -1.20. The zero-order valence-electron chi connectivity index (χ0n) is 12.2. The molecule has 0 spiro atoms. The maximum Gasteiger partial charge on any atom is 0.315 e. The number of amides is 2. The highest BCUT2D eigenvalue weighted by molar-refractivity contribution is 6.30. The van der Waals surface area contributed by atoms with Crippen LogP contribution >= 0.6 is 11.6 Å². The van der Waals surface area contributed by atoms with Crippen molar-refractivity contribution in [2.45, 2.75) is 25.4 Å². The Hall–Kier alpha value is -2.08. The van der Waals surface area contributed by atoms with Gasteiger partial charge in [-0.15, -0.1) is 0 Å². The monoisotopic (exact) mass is 324 g/mol. The van der Waals surface area contributed by atoms with Crippen LogP contribution in [0.2, 0.25) is 5.02 Å². The number of likely N-dealkylation sites (N-methyl/N-ethyl adjacent to an activating group) is 1. The summed E-state index contributed by atoms with van der Waals surface area (Å²) in [6.07, 6.45) is 0.141. The van der Waals surface area contributed by atoms with Gasteiger partial charge >= 0.3 is 5.97 Å². The van der Waals surface area contributed by atoms with Gasteiger partial charge in [-0.3, -0.25) is 14.4 Å². The summed E-state index contributed by atoms with van der Waals surface area (Å²) in [5.74, 6) is -3.06. The molecular weight excluding hydrogens is 308 g/mol. The number of benzene rings is 1. The van der Waals surface area contributed by atoms with Gasteiger partial charge in [-0.1, -0.05) is 23.7 Å². The molecule has 2 amide bonds. The molecule has 0 radical (unpaired) electrons. The maximum absolute atomic E-state index is 12.0. The first-order valence-corrected chi connectivity index (χ1v) is 7.23. The van der Waals surface area contributed by atoms with Crippen molar-refractivity contribution in [3.63, 3.8) is 0 Å². The van der Waals surface area contributed by atoms with Gasteiger partial charge < -0.3 is 15.3 Å². The molecule has 3 unspecified atom stereocenters. The van der Waals surface area contributed by atoms with Crippen molar-refractivity contribution in [3.05, 3.63) is 34.9 Å². The number of likely N-dealkylation sites (tertiary alicyclic amines) is 1. The number of hydrogen-bond acceptors (Lipinski definition) is 3. The van der Waals surface area contributed by atoms with E-state index in [1.54, 1.807) is 36.2 Å². The highest BCUT2D eigenvalue weighted by Crippen LogP contribution is 2.32. The van der Waals surface area contributed by atoms with Gasteiger partial charge in [-0.05, 0) is 24.6 Å². The lowest BCUT2D eigenvalue weighted by Gasteiger charge is -2.26. The topological polar surface area (TPSA) is 86.7 Å². The Kier molecular flexibility index (Phi) is 4.71. The normalized spacial score (nSPS) is 22.5. The Bertz CT molecular complexity index is 602. The first-order chi connectivity index (χ1) is 10.3. The molecule has 6 nitrogen and oxygen atoms in total. The SMILES string of the molecule is CC(C(=O)O)C(=O)NC1CC(=O)N(C)C1c1ccc(Cl)cc1. The molecule has 7 heteroatoms. The summed E-state index contributed by atoms with van der Waals surface area (Å²) in [7, 11) is 1.66. The summed E-state index contributed by atoms with van der Waals surface area (Å²) in [6, 6.07) is 6.21. The second-order valence-electron chi connectivity index (χ2n) is 5.38. The zero-order valence-corrected chi connectivity index (χ0v) is 13.0. The summed E-state index contributed by atoms with van der Waals surface area (Å²) in [5.41, 5.74) is 0.839. The second-order valence-corrected chi connectivity index (χ2v) is 5.82. The largest absolute Gasteiger partial charge is 0.481 e. The van der Waals surface area contributed by atoms with Crippen molar-refractivity contribution < 1.29 is 19.5 Å². The number of halogens is 1. The van der Waals surface area contributed by atoms with Crippen molar-refractivity contribution in [1.29, 1.82) is 0 Å². The highest BCUT2D eigenvalue weighted by atomic mass is 35.5. The Morgan fingerprint density at radius 3 is 2.50 bits per heavy atom. The Morgan fingerprint density at radius 2 is 1.95 bits per heavy atom. The summed E-state index contributed by atoms with van der Waals surface area (Å²) in [4.78, 5) is 36.3. The molecular formula is C15H17ClN2O4. The van der Waals surface area contributed by atoms with Crippen molar-refractivity contribution in [2.24, 2.45) is 5.92 Å². The molecule has 0 bridgehead atoms. The number of aliphatic carboxylic acids is 1. The predicted molar refractivity (Wildman–Crippen MR) is 80.3 cm³/mol. The van der Waals surface area contributed by atoms with Crippen LogP contribution in [0.25, 0.3) is 0 Å². The number of rotatable bonds is 4. The average molecular weight is 325 g/mol. The molecule has 1 aliphatic rings. The van der Waals surface area contributed by atoms with E-state index in [-0.39, 0.29) is 18.4 Å². The number of nitrogens with zero attached hydrogens (tertiary/aromatic N) is 1. The van der Waals surface area contributed by atoms with Crippen LogP contribution < -0.4 is 5.32 Å². The van der Waals surface area contributed by atoms with Gasteiger partial charge in [0.15, 0.2) is 0 Å². The molecule has 22 heavy (non-hydrogen) atoms. The Morgan fingerprint density at radius 1 is 1.36 bits per heavy atom. The lowest BCUT2D eigenvalue weighted by molar-refractivity contribution is -0.146. The molecule has 118 valence electrons. The van der Waals surface area contributed by atoms with E-state index in [4.69, 9.17) is 16.7 Å². The standard InChI is InChI=1S/C15H17ClN2O4/c1-8(15(21)22)14(20)17-11-7-12(19)18(2)13(11)9-3-5-10(16)6-4-9/h3-6,8,11,13H,7H2,1-2H3,(H,17,20)(H,21,22). The Balaban J connectivity index is 2.21. The van der Waals surface area contributed by atoms with Gasteiger partial charge in [0.05, 0.1) is 12.1 Å². The van der Waals surface area contributed by atoms with Crippen LogP contribution in [-0.4, -0.2) is 40.9 Å². The zero-order chi connectivity index (χ0) is 16.4. The van der Waals surface area contributed by atoms with Crippen LogP contribution in [0.1, 0.15) is 24.9 Å². The van der Waals surface area contributed by atoms with Crippen molar-refractivity contribution in [3.8, 4) is 0 Å². The van der Waals surface area contributed by atoms with Crippen LogP contribution in [0.5, 0.6) is 0 Å². The van der Waals surface area contributed by atoms with Crippen molar-refractivity contribution in [2.75, 3.05) is 7.05 Å². The quantitative estimate of drug-likeness (QED) is 0.821. The summed E-state index contributed by atoms with van der Waals surface area (Å²) in [5, 5.41) is 12.1. The van der Waals surface area contributed by atoms with Gasteiger partial charge in [0, 0.05) is 18.5 Å². The molecule has 1 heterocycles. The molecule has 1 aromatic carbocycles. The molecule has 0 saturated carbocycles. The van der Waals surface area contributed by atoms with Gasteiger partial charge in [-0.25, -0.2) is 0 Å². The molecule has 2 rings (SSSR count). The summed E-state index contributed by atoms with van der Waals surface area (Å²) < 4.78 is 0. The molecule has 2 N–H and O–H groups in total. The lowest BCUT2D eigenvalue weighted by Crippen LogP contribution is -2.43. The number of nitrogens with one attached hydrogen (secondary N) is 1. The van der Waals surface area contributed by atoms with E-state index in [0.29, 0.717) is 5.02 Å². The first kappa shape index (κ1) is 16.3. The molecule has 0 aliphatic carbocycles. The first-order valence-electron chi connectivity index (χ1n) is 6.85. The third kappa shape index (κ3) is 3.22. The highest BCUT2D eigenvalue weighted by Gasteiger charge is 2.40. The third-order valence-corrected chi connectivity index (χ3v) is 4.14. The molecule has 1 aliphatic heterocycles. The minimum Gasteiger partial charge on any atom is -0.481 e. The van der Waals surface area contributed by atoms with E-state index < -0.39 is 23.8 Å². The van der Waals surface area contributed by atoms with Crippen LogP contribution in [-0.2, 0) is 14.4 Å². The van der Waals surface area contributed by atoms with Crippen LogP contribution in [0.4, 0.5) is 0 Å². The van der Waals surface area contributed by atoms with Gasteiger partial charge in [-0.2, -0.15) is 0 Å². The summed E-state index contributed by atoms with van der Waals surface area (Å²) in [6.45, 7) is 1.31. The molecule has 1 fully saturated rings. The maximum atomic E-state index is 12.0. The number of carbonyl (C=O) groups is 3.